The van der Waals surface area contributed by atoms with E-state index in [-0.39, 0.29) is 52.6 Å². The van der Waals surface area contributed by atoms with E-state index in [0.717, 1.165) is 102 Å². The topological polar surface area (TPSA) is 191 Å². The lowest BCUT2D eigenvalue weighted by molar-refractivity contribution is -0.136. The van der Waals surface area contributed by atoms with Crippen LogP contribution in [0.1, 0.15) is 110 Å². The molecule has 4 atom stereocenters. The first kappa shape index (κ1) is 58.6. The Morgan fingerprint density at radius 3 is 2.17 bits per heavy atom. The second kappa shape index (κ2) is 26.6. The van der Waals surface area contributed by atoms with Crippen molar-refractivity contribution in [3.8, 4) is 0 Å². The molecule has 2 spiro atoms. The molecule has 1 aromatic heterocycles. The van der Waals surface area contributed by atoms with Gasteiger partial charge in [-0.05, 0) is 131 Å². The highest BCUT2D eigenvalue weighted by molar-refractivity contribution is 5.89. The van der Waals surface area contributed by atoms with Gasteiger partial charge >= 0.3 is 0 Å². The Morgan fingerprint density at radius 1 is 0.756 bits per heavy atom. The fourth-order valence-corrected chi connectivity index (χ4v) is 12.3. The smallest absolute Gasteiger partial charge is 0.249 e. The number of hydrogen-bond donors (Lipinski definition) is 6. The van der Waals surface area contributed by atoms with Crippen LogP contribution in [0.5, 0.6) is 0 Å². The van der Waals surface area contributed by atoms with Crippen molar-refractivity contribution in [2.45, 2.75) is 129 Å². The fraction of sp³-hybridized carbons (Fsp3) is 0.661. The molecular weight excluding hydrogens is 995 g/mol. The zero-order chi connectivity index (χ0) is 55.5. The van der Waals surface area contributed by atoms with Gasteiger partial charge in [0.25, 0.3) is 0 Å². The van der Waals surface area contributed by atoms with Gasteiger partial charge in [-0.25, -0.2) is 18.7 Å². The van der Waals surface area contributed by atoms with E-state index in [9.17, 15) is 24.3 Å². The molecule has 5 aliphatic heterocycles. The Balaban J connectivity index is 0.684. The quantitative estimate of drug-likeness (QED) is 0.0632. The van der Waals surface area contributed by atoms with E-state index >= 15 is 8.78 Å². The number of nitrogens with one attached hydrogen (secondary N) is 5. The minimum absolute atomic E-state index is 0.0303. The van der Waals surface area contributed by atoms with Crippen LogP contribution in [0.25, 0.3) is 0 Å². The molecule has 5 saturated heterocycles. The SMILES string of the molecule is CC(C)C[C@H](NC(=O)[C@@H](O)[C@H](C)Cc1ccccc1)C(=O)NCCCN1CC[C@]2(CCN(CCC(=O)NCCCNc3cc(N4CCC5(CC4)CN(c4cc(F)c(CN6CCC(C)(C)CC6)cc4F)CC(=O)N5)ncn3)C2)C1. The summed E-state index contributed by atoms with van der Waals surface area (Å²) in [5.74, 6) is -0.505. The number of piperidine rings is 2. The van der Waals surface area contributed by atoms with E-state index in [4.69, 9.17) is 0 Å². The average Bonchev–Trinajstić information content (AvgIpc) is 4.10. The minimum atomic E-state index is -1.22. The van der Waals surface area contributed by atoms with Gasteiger partial charge < -0.3 is 51.3 Å². The molecule has 17 nitrogen and oxygen atoms in total. The lowest BCUT2D eigenvalue weighted by Gasteiger charge is -2.48. The van der Waals surface area contributed by atoms with Gasteiger partial charge in [-0.3, -0.25) is 24.1 Å². The largest absolute Gasteiger partial charge is 0.383 e. The molecule has 0 unspecified atom stereocenters. The maximum Gasteiger partial charge on any atom is 0.249 e. The number of aromatic nitrogens is 2. The van der Waals surface area contributed by atoms with E-state index in [0.29, 0.717) is 89.3 Å². The highest BCUT2D eigenvalue weighted by Gasteiger charge is 2.44. The van der Waals surface area contributed by atoms with Gasteiger partial charge in [0.05, 0.1) is 17.8 Å². The van der Waals surface area contributed by atoms with E-state index in [1.807, 2.05) is 57.2 Å². The number of carbonyl (C=O) groups excluding carboxylic acids is 4. The summed E-state index contributed by atoms with van der Waals surface area (Å²) in [7, 11) is 0. The number of likely N-dealkylation sites (tertiary alicyclic amines) is 3. The Hall–Kier alpha value is -5.50. The van der Waals surface area contributed by atoms with Crippen LogP contribution >= 0.6 is 0 Å². The number of amides is 4. The number of halogens is 2. The summed E-state index contributed by atoms with van der Waals surface area (Å²) in [6, 6.07) is 13.6. The molecule has 6 heterocycles. The van der Waals surface area contributed by atoms with Gasteiger partial charge in [-0.2, -0.15) is 0 Å². The van der Waals surface area contributed by atoms with Gasteiger partial charge in [0.1, 0.15) is 41.7 Å². The Bertz CT molecular complexity index is 2490. The molecule has 8 rings (SSSR count). The first-order chi connectivity index (χ1) is 37.3. The summed E-state index contributed by atoms with van der Waals surface area (Å²) in [6.07, 6.45) is 8.84. The summed E-state index contributed by atoms with van der Waals surface area (Å²) < 4.78 is 31.2. The van der Waals surface area contributed by atoms with E-state index in [2.05, 4.69) is 70.0 Å². The second-order valence-electron chi connectivity index (χ2n) is 24.6. The van der Waals surface area contributed by atoms with Crippen LogP contribution < -0.4 is 36.4 Å². The molecule has 4 amide bonds. The molecule has 0 saturated carbocycles. The van der Waals surface area contributed by atoms with Crippen molar-refractivity contribution >= 4 is 41.0 Å². The number of benzene rings is 2. The predicted octanol–water partition coefficient (Wildman–Crippen LogP) is 5.34. The van der Waals surface area contributed by atoms with Crippen LogP contribution in [0.2, 0.25) is 0 Å². The van der Waals surface area contributed by atoms with Crippen molar-refractivity contribution in [2.75, 3.05) is 113 Å². The molecule has 5 fully saturated rings. The van der Waals surface area contributed by atoms with E-state index in [1.54, 1.807) is 4.90 Å². The maximum absolute atomic E-state index is 15.7. The third-order valence-electron chi connectivity index (χ3n) is 17.2. The third kappa shape index (κ3) is 16.3. The van der Waals surface area contributed by atoms with E-state index in [1.165, 1.54) is 18.5 Å². The molecule has 19 heteroatoms. The number of carbonyl (C=O) groups is 4. The van der Waals surface area contributed by atoms with Crippen LogP contribution in [0, 0.1) is 34.3 Å². The van der Waals surface area contributed by atoms with Gasteiger partial charge in [-0.1, -0.05) is 65.0 Å². The van der Waals surface area contributed by atoms with Gasteiger partial charge in [0.15, 0.2) is 0 Å². The Labute approximate surface area is 461 Å². The van der Waals surface area contributed by atoms with Crippen molar-refractivity contribution < 1.29 is 33.1 Å². The lowest BCUT2D eigenvalue weighted by Crippen LogP contribution is -2.66. The standard InChI is InChI=1S/C59H88F2N12O5/c1-42(2)31-48(67-56(78)54(76)43(3)32-44-11-7-6-8-12-44)55(77)64-22-10-23-70-27-16-58(38-70)17-28-71(39-58)24-13-52(74)63-21-9-20-62-50-35-51(66-41-65-50)72-29-18-59(19-30-72)40-73(37-53(75)68-59)49-34-46(60)45(33-47(49)61)36-69-25-14-57(4,5)15-26-69/h6-8,11-12,33-35,41-43,48,54,76H,9-10,13-32,36-40H2,1-5H3,(H,63,74)(H,64,77)(H,67,78)(H,68,75)(H,62,65,66)/t43-,48+,54+,58+/m1/s1. The Morgan fingerprint density at radius 2 is 1.45 bits per heavy atom. The molecule has 78 heavy (non-hydrogen) atoms. The molecule has 6 N–H and O–H groups in total. The third-order valence-corrected chi connectivity index (χ3v) is 17.2. The van der Waals surface area contributed by atoms with E-state index < -0.39 is 35.2 Å². The van der Waals surface area contributed by atoms with Crippen LogP contribution in [0.4, 0.5) is 26.1 Å². The molecule has 0 bridgehead atoms. The molecule has 0 radical (unpaired) electrons. The molecule has 5 aliphatic rings. The zero-order valence-electron chi connectivity index (χ0n) is 47.1. The minimum Gasteiger partial charge on any atom is -0.383 e. The van der Waals surface area contributed by atoms with Crippen molar-refractivity contribution in [3.63, 3.8) is 0 Å². The molecule has 3 aromatic rings. The highest BCUT2D eigenvalue weighted by atomic mass is 19.1. The first-order valence-electron chi connectivity index (χ1n) is 28.9. The average molecular weight is 1080 g/mol. The molecule has 2 aromatic carbocycles. The zero-order valence-corrected chi connectivity index (χ0v) is 47.1. The summed E-state index contributed by atoms with van der Waals surface area (Å²) >= 11 is 0. The van der Waals surface area contributed by atoms with Gasteiger partial charge in [0.2, 0.25) is 23.6 Å². The highest BCUT2D eigenvalue weighted by Crippen LogP contribution is 2.40. The van der Waals surface area contributed by atoms with Gasteiger partial charge in [-0.15, -0.1) is 0 Å². The molecule has 0 aliphatic carbocycles. The summed E-state index contributed by atoms with van der Waals surface area (Å²) in [4.78, 5) is 72.2. The predicted molar refractivity (Wildman–Crippen MR) is 301 cm³/mol. The normalized spacial score (nSPS) is 21.9. The first-order valence-corrected chi connectivity index (χ1v) is 28.9. The summed E-state index contributed by atoms with van der Waals surface area (Å²) in [5, 5.41) is 26.3. The monoisotopic (exact) mass is 1080 g/mol. The second-order valence-corrected chi connectivity index (χ2v) is 24.6. The van der Waals surface area contributed by atoms with Crippen molar-refractivity contribution in [1.82, 2.24) is 45.9 Å². The number of aliphatic hydroxyl groups is 1. The Kier molecular flexibility index (Phi) is 20.0. The van der Waals surface area contributed by atoms with Crippen molar-refractivity contribution in [3.05, 3.63) is 77.6 Å². The fourth-order valence-electron chi connectivity index (χ4n) is 12.3. The van der Waals surface area contributed by atoms with Crippen molar-refractivity contribution in [1.29, 1.82) is 0 Å². The molecular formula is C59H88F2N12O5. The molecule has 428 valence electrons. The maximum atomic E-state index is 15.7. The van der Waals surface area contributed by atoms with Crippen LogP contribution in [-0.2, 0) is 32.1 Å². The van der Waals surface area contributed by atoms with Gasteiger partial charge in [0, 0.05) is 89.6 Å². The number of rotatable bonds is 24. The number of hydrogen-bond acceptors (Lipinski definition) is 13. The summed E-state index contributed by atoms with van der Waals surface area (Å²) in [6.45, 7) is 21.3. The number of nitrogens with zero attached hydrogens (tertiary/aromatic N) is 7. The number of piperazine rings is 1. The van der Waals surface area contributed by atoms with Crippen LogP contribution in [0.3, 0.4) is 0 Å². The summed E-state index contributed by atoms with van der Waals surface area (Å²) in [5.41, 5.74) is 1.44. The van der Waals surface area contributed by atoms with Crippen molar-refractivity contribution in [2.24, 2.45) is 22.7 Å². The lowest BCUT2D eigenvalue weighted by atomic mass is 9.82. The van der Waals surface area contributed by atoms with Crippen LogP contribution in [-0.4, -0.2) is 169 Å². The number of anilines is 3. The van der Waals surface area contributed by atoms with Crippen LogP contribution in [0.15, 0.2) is 54.9 Å². The number of aliphatic hydroxyl groups excluding tert-OH is 1.